The highest BCUT2D eigenvalue weighted by Gasteiger charge is 2.32. The number of aromatic nitrogens is 1. The molecule has 24 heavy (non-hydrogen) atoms. The normalized spacial score (nSPS) is 18.2. The Kier molecular flexibility index (Phi) is 4.49. The number of hydrogen-bond donors (Lipinski definition) is 1. The van der Waals surface area contributed by atoms with Crippen molar-refractivity contribution in [3.05, 3.63) is 41.7 Å². The van der Waals surface area contributed by atoms with E-state index in [9.17, 15) is 14.9 Å². The van der Waals surface area contributed by atoms with E-state index < -0.39 is 12.0 Å². The van der Waals surface area contributed by atoms with Gasteiger partial charge in [-0.1, -0.05) is 6.07 Å². The van der Waals surface area contributed by atoms with Crippen molar-refractivity contribution in [2.45, 2.75) is 19.0 Å². The van der Waals surface area contributed by atoms with Crippen molar-refractivity contribution in [3.8, 4) is 6.07 Å². The molecule has 0 aromatic carbocycles. The van der Waals surface area contributed by atoms with Crippen LogP contribution in [0.2, 0.25) is 0 Å². The maximum Gasteiger partial charge on any atom is 0.307 e. The van der Waals surface area contributed by atoms with Gasteiger partial charge in [-0.15, -0.1) is 0 Å². The van der Waals surface area contributed by atoms with Crippen molar-refractivity contribution in [3.63, 3.8) is 0 Å². The van der Waals surface area contributed by atoms with E-state index in [1.807, 2.05) is 39.9 Å². The Hall–Kier alpha value is -2.85. The lowest BCUT2D eigenvalue weighted by Gasteiger charge is -2.34. The van der Waals surface area contributed by atoms with E-state index in [2.05, 4.69) is 11.4 Å². The summed E-state index contributed by atoms with van der Waals surface area (Å²) in [7, 11) is 1.31. The summed E-state index contributed by atoms with van der Waals surface area (Å²) in [6.07, 6.45) is 3.78. The number of ether oxygens (including phenoxy) is 1. The number of fused-ring (bicyclic) bond motifs is 1. The average Bonchev–Trinajstić information content (AvgIpc) is 2.94. The summed E-state index contributed by atoms with van der Waals surface area (Å²) in [6, 6.07) is 7.33. The second-order valence-electron chi connectivity index (χ2n) is 5.69. The molecule has 3 heterocycles. The number of piperazine rings is 1. The third-order valence-electron chi connectivity index (χ3n) is 4.28. The van der Waals surface area contributed by atoms with Crippen LogP contribution in [0.5, 0.6) is 0 Å². The number of esters is 1. The number of hydrogen-bond acceptors (Lipinski definition) is 5. The van der Waals surface area contributed by atoms with Gasteiger partial charge in [0.15, 0.2) is 0 Å². The first-order chi connectivity index (χ1) is 11.6. The van der Waals surface area contributed by atoms with Crippen molar-refractivity contribution in [2.75, 3.05) is 20.2 Å². The molecular formula is C17H18N4O3. The van der Waals surface area contributed by atoms with Gasteiger partial charge in [0, 0.05) is 37.6 Å². The van der Waals surface area contributed by atoms with Gasteiger partial charge < -0.3 is 14.5 Å². The van der Waals surface area contributed by atoms with E-state index in [4.69, 9.17) is 4.74 Å². The van der Waals surface area contributed by atoms with E-state index in [1.165, 1.54) is 7.11 Å². The summed E-state index contributed by atoms with van der Waals surface area (Å²) in [5, 5.41) is 12.3. The molecule has 0 saturated carbocycles. The summed E-state index contributed by atoms with van der Waals surface area (Å²) in [5.41, 5.74) is 2.27. The third kappa shape index (κ3) is 2.96. The number of nitriles is 1. The van der Waals surface area contributed by atoms with Crippen LogP contribution in [0.15, 0.2) is 30.6 Å². The molecule has 0 radical (unpaired) electrons. The van der Waals surface area contributed by atoms with Crippen LogP contribution in [0, 0.1) is 11.3 Å². The zero-order chi connectivity index (χ0) is 17.1. The Morgan fingerprint density at radius 2 is 2.33 bits per heavy atom. The number of nitrogens with one attached hydrogen (secondary N) is 1. The van der Waals surface area contributed by atoms with E-state index in [1.54, 1.807) is 0 Å². The number of methoxy groups -OCH3 is 1. The molecule has 0 bridgehead atoms. The van der Waals surface area contributed by atoms with E-state index in [-0.39, 0.29) is 12.3 Å². The standard InChI is InChI=1S/C17H18N4O3/c1-24-16(22)8-15-17(23)19-5-7-21(15)11-12-10-20-6-3-2-4-14(20)13(12)9-18/h2-4,6,10,15H,5,7-8,11H2,1H3,(H,19,23). The largest absolute Gasteiger partial charge is 0.469 e. The SMILES string of the molecule is COC(=O)CC1C(=O)NCCN1Cc1cn2ccccc2c1C#N. The van der Waals surface area contributed by atoms with Crippen LogP contribution < -0.4 is 5.32 Å². The second-order valence-corrected chi connectivity index (χ2v) is 5.69. The average molecular weight is 326 g/mol. The fourth-order valence-electron chi connectivity index (χ4n) is 3.06. The van der Waals surface area contributed by atoms with Crippen molar-refractivity contribution < 1.29 is 14.3 Å². The van der Waals surface area contributed by atoms with Crippen LogP contribution >= 0.6 is 0 Å². The molecule has 0 spiro atoms. The molecule has 1 aliphatic rings. The first-order valence-corrected chi connectivity index (χ1v) is 7.71. The summed E-state index contributed by atoms with van der Waals surface area (Å²) >= 11 is 0. The maximum atomic E-state index is 12.1. The van der Waals surface area contributed by atoms with Crippen LogP contribution in [0.3, 0.4) is 0 Å². The number of carbonyl (C=O) groups excluding carboxylic acids is 2. The fraction of sp³-hybridized carbons (Fsp3) is 0.353. The lowest BCUT2D eigenvalue weighted by molar-refractivity contribution is -0.146. The summed E-state index contributed by atoms with van der Waals surface area (Å²) in [4.78, 5) is 25.7. The van der Waals surface area contributed by atoms with E-state index in [0.717, 1.165) is 11.1 Å². The lowest BCUT2D eigenvalue weighted by atomic mass is 10.1. The summed E-state index contributed by atoms with van der Waals surface area (Å²) in [5.74, 6) is -0.612. The molecule has 1 saturated heterocycles. The van der Waals surface area contributed by atoms with E-state index in [0.29, 0.717) is 25.2 Å². The van der Waals surface area contributed by atoms with Gasteiger partial charge in [-0.25, -0.2) is 0 Å². The topological polar surface area (TPSA) is 86.8 Å². The Bertz CT molecular complexity index is 821. The number of nitrogens with zero attached hydrogens (tertiary/aromatic N) is 3. The second kappa shape index (κ2) is 6.72. The van der Waals surface area contributed by atoms with Crippen molar-refractivity contribution >= 4 is 17.4 Å². The van der Waals surface area contributed by atoms with Gasteiger partial charge >= 0.3 is 5.97 Å². The van der Waals surface area contributed by atoms with Gasteiger partial charge in [-0.05, 0) is 12.1 Å². The Labute approximate surface area is 139 Å². The highest BCUT2D eigenvalue weighted by molar-refractivity contribution is 5.87. The van der Waals surface area contributed by atoms with Gasteiger partial charge in [0.05, 0.1) is 24.6 Å². The minimum atomic E-state index is -0.583. The molecule has 1 atom stereocenters. The van der Waals surface area contributed by atoms with Gasteiger partial charge in [-0.2, -0.15) is 5.26 Å². The van der Waals surface area contributed by atoms with Crippen LogP contribution in [0.25, 0.3) is 5.52 Å². The molecule has 1 amide bonds. The molecular weight excluding hydrogens is 308 g/mol. The third-order valence-corrected chi connectivity index (χ3v) is 4.28. The van der Waals surface area contributed by atoms with Crippen molar-refractivity contribution in [2.24, 2.45) is 0 Å². The van der Waals surface area contributed by atoms with Gasteiger partial charge in [-0.3, -0.25) is 14.5 Å². The van der Waals surface area contributed by atoms with Gasteiger partial charge in [0.2, 0.25) is 5.91 Å². The van der Waals surface area contributed by atoms with Crippen LogP contribution in [-0.4, -0.2) is 47.4 Å². The quantitative estimate of drug-likeness (QED) is 0.835. The molecule has 124 valence electrons. The molecule has 2 aromatic heterocycles. The molecule has 7 nitrogen and oxygen atoms in total. The zero-order valence-electron chi connectivity index (χ0n) is 13.4. The van der Waals surface area contributed by atoms with Gasteiger partial charge in [0.25, 0.3) is 0 Å². The fourth-order valence-corrected chi connectivity index (χ4v) is 3.06. The Morgan fingerprint density at radius 1 is 1.50 bits per heavy atom. The number of rotatable bonds is 4. The molecule has 7 heteroatoms. The zero-order valence-corrected chi connectivity index (χ0v) is 13.4. The van der Waals surface area contributed by atoms with Crippen molar-refractivity contribution in [1.82, 2.24) is 14.6 Å². The Balaban J connectivity index is 1.89. The molecule has 3 rings (SSSR count). The minimum Gasteiger partial charge on any atom is -0.469 e. The monoisotopic (exact) mass is 326 g/mol. The number of amides is 1. The summed E-state index contributed by atoms with van der Waals surface area (Å²) < 4.78 is 6.59. The molecule has 1 N–H and O–H groups in total. The molecule has 1 unspecified atom stereocenters. The van der Waals surface area contributed by atoms with E-state index >= 15 is 0 Å². The molecule has 1 fully saturated rings. The minimum absolute atomic E-state index is 0.00239. The van der Waals surface area contributed by atoms with Crippen molar-refractivity contribution in [1.29, 1.82) is 5.26 Å². The summed E-state index contributed by atoms with van der Waals surface area (Å²) in [6.45, 7) is 1.57. The predicted octanol–water partition coefficient (Wildman–Crippen LogP) is 0.674. The first-order valence-electron chi connectivity index (χ1n) is 7.71. The predicted molar refractivity (Wildman–Crippen MR) is 86.0 cm³/mol. The smallest absolute Gasteiger partial charge is 0.307 e. The Morgan fingerprint density at radius 3 is 3.08 bits per heavy atom. The highest BCUT2D eigenvalue weighted by Crippen LogP contribution is 2.21. The van der Waals surface area contributed by atoms with Gasteiger partial charge in [0.1, 0.15) is 12.1 Å². The molecule has 1 aliphatic heterocycles. The molecule has 0 aliphatic carbocycles. The van der Waals surface area contributed by atoms with Crippen LogP contribution in [-0.2, 0) is 20.9 Å². The highest BCUT2D eigenvalue weighted by atomic mass is 16.5. The van der Waals surface area contributed by atoms with Crippen LogP contribution in [0.1, 0.15) is 17.5 Å². The number of pyridine rings is 1. The molecule has 2 aromatic rings. The number of carbonyl (C=O) groups is 2. The van der Waals surface area contributed by atoms with Crippen LogP contribution in [0.4, 0.5) is 0 Å². The lowest BCUT2D eigenvalue weighted by Crippen LogP contribution is -2.55. The first kappa shape index (κ1) is 16.0. The maximum absolute atomic E-state index is 12.1.